The molecule has 1 nitrogen and oxygen atoms in total. The number of benzene rings is 2. The average Bonchev–Trinajstić information content (AvgIpc) is 3.41. The monoisotopic (exact) mass is 413 g/mol. The van der Waals surface area contributed by atoms with Gasteiger partial charge in [0.1, 0.15) is 0 Å². The standard InChI is InChI=1S/C31H27N/c1-3-4-11-22(2)20-25-16-18-27-29(24-14-9-6-10-15-24)28-19-17-26(31(28)32-30(25)27)21-23-12-7-5-8-13-23/h3-15,20-21H,1-2,16-19H2/b11-4-,25-20+,26-21+. The van der Waals surface area contributed by atoms with Crippen molar-refractivity contribution in [2.45, 2.75) is 25.7 Å². The molecule has 0 saturated heterocycles. The van der Waals surface area contributed by atoms with Gasteiger partial charge >= 0.3 is 0 Å². The van der Waals surface area contributed by atoms with Gasteiger partial charge in [-0.25, -0.2) is 4.98 Å². The first kappa shape index (κ1) is 20.2. The van der Waals surface area contributed by atoms with E-state index in [1.165, 1.54) is 44.7 Å². The van der Waals surface area contributed by atoms with Gasteiger partial charge in [0.05, 0.1) is 11.4 Å². The van der Waals surface area contributed by atoms with Gasteiger partial charge in [-0.3, -0.25) is 0 Å². The molecule has 1 aromatic heterocycles. The van der Waals surface area contributed by atoms with E-state index in [0.717, 1.165) is 37.0 Å². The van der Waals surface area contributed by atoms with Crippen molar-refractivity contribution in [3.63, 3.8) is 0 Å². The van der Waals surface area contributed by atoms with E-state index in [1.807, 2.05) is 12.2 Å². The lowest BCUT2D eigenvalue weighted by Gasteiger charge is -2.15. The first-order chi connectivity index (χ1) is 15.7. The van der Waals surface area contributed by atoms with E-state index in [-0.39, 0.29) is 0 Å². The van der Waals surface area contributed by atoms with E-state index in [2.05, 4.69) is 86.0 Å². The first-order valence-corrected chi connectivity index (χ1v) is 11.3. The van der Waals surface area contributed by atoms with Gasteiger partial charge < -0.3 is 0 Å². The van der Waals surface area contributed by atoms with Crippen LogP contribution in [0.1, 0.15) is 40.9 Å². The Balaban J connectivity index is 1.69. The quantitative estimate of drug-likeness (QED) is 0.388. The van der Waals surface area contributed by atoms with Gasteiger partial charge in [0.2, 0.25) is 0 Å². The first-order valence-electron chi connectivity index (χ1n) is 11.3. The van der Waals surface area contributed by atoms with Crippen LogP contribution in [-0.2, 0) is 12.8 Å². The molecule has 0 amide bonds. The van der Waals surface area contributed by atoms with Crippen LogP contribution in [0.2, 0.25) is 0 Å². The van der Waals surface area contributed by atoms with E-state index in [9.17, 15) is 0 Å². The highest BCUT2D eigenvalue weighted by molar-refractivity contribution is 5.91. The lowest BCUT2D eigenvalue weighted by Crippen LogP contribution is -2.00. The highest BCUT2D eigenvalue weighted by Crippen LogP contribution is 2.46. The maximum atomic E-state index is 5.29. The summed E-state index contributed by atoms with van der Waals surface area (Å²) in [7, 11) is 0. The Morgan fingerprint density at radius 3 is 2.09 bits per heavy atom. The van der Waals surface area contributed by atoms with Crippen molar-refractivity contribution in [1.82, 2.24) is 4.98 Å². The fourth-order valence-electron chi connectivity index (χ4n) is 4.89. The zero-order valence-corrected chi connectivity index (χ0v) is 18.4. The third-order valence-electron chi connectivity index (χ3n) is 6.30. The van der Waals surface area contributed by atoms with E-state index in [0.29, 0.717) is 0 Å². The summed E-state index contributed by atoms with van der Waals surface area (Å²) in [4.78, 5) is 5.29. The highest BCUT2D eigenvalue weighted by Gasteiger charge is 2.30. The topological polar surface area (TPSA) is 12.9 Å². The van der Waals surface area contributed by atoms with Crippen LogP contribution in [0.25, 0.3) is 28.3 Å². The normalized spacial score (nSPS) is 17.1. The Bertz CT molecular complexity index is 1270. The van der Waals surface area contributed by atoms with Gasteiger partial charge in [0.15, 0.2) is 0 Å². The van der Waals surface area contributed by atoms with Crippen molar-refractivity contribution in [2.75, 3.05) is 0 Å². The number of allylic oxidation sites excluding steroid dienone is 7. The molecule has 1 heteroatoms. The SMILES string of the molecule is C=C/C=C\C(=C)/C=C1\CCc2c1nc1c(c2-c2ccccc2)CC/C1=C\c1ccccc1. The summed E-state index contributed by atoms with van der Waals surface area (Å²) in [5, 5.41) is 0. The second-order valence-corrected chi connectivity index (χ2v) is 8.43. The molecule has 0 atom stereocenters. The molecule has 0 fully saturated rings. The number of fused-ring (bicyclic) bond motifs is 2. The molecule has 2 aliphatic rings. The molecular weight excluding hydrogens is 386 g/mol. The molecule has 0 spiro atoms. The summed E-state index contributed by atoms with van der Waals surface area (Å²) in [5.74, 6) is 0. The molecule has 0 radical (unpaired) electrons. The molecule has 2 aliphatic carbocycles. The lowest BCUT2D eigenvalue weighted by molar-refractivity contribution is 1.05. The molecule has 2 aromatic carbocycles. The molecule has 0 saturated carbocycles. The molecule has 3 aromatic rings. The zero-order chi connectivity index (χ0) is 21.9. The summed E-state index contributed by atoms with van der Waals surface area (Å²) < 4.78 is 0. The van der Waals surface area contributed by atoms with Crippen molar-refractivity contribution < 1.29 is 0 Å². The predicted octanol–water partition coefficient (Wildman–Crippen LogP) is 7.86. The average molecular weight is 414 g/mol. The summed E-state index contributed by atoms with van der Waals surface area (Å²) in [6, 6.07) is 21.4. The third-order valence-corrected chi connectivity index (χ3v) is 6.30. The van der Waals surface area contributed by atoms with Crippen molar-refractivity contribution in [3.05, 3.63) is 132 Å². The van der Waals surface area contributed by atoms with Crippen LogP contribution in [0.3, 0.4) is 0 Å². The number of aromatic nitrogens is 1. The molecule has 0 bridgehead atoms. The molecule has 5 rings (SSSR count). The van der Waals surface area contributed by atoms with Gasteiger partial charge in [-0.05, 0) is 76.3 Å². The van der Waals surface area contributed by atoms with Crippen LogP contribution in [-0.4, -0.2) is 4.98 Å². The molecular formula is C31H27N. The minimum atomic E-state index is 0.983. The summed E-state index contributed by atoms with van der Waals surface area (Å²) in [6.45, 7) is 7.96. The van der Waals surface area contributed by atoms with Crippen molar-refractivity contribution >= 4 is 17.2 Å². The van der Waals surface area contributed by atoms with Crippen molar-refractivity contribution in [3.8, 4) is 11.1 Å². The minimum absolute atomic E-state index is 0.983. The van der Waals surface area contributed by atoms with Crippen LogP contribution < -0.4 is 0 Å². The van der Waals surface area contributed by atoms with Gasteiger partial charge in [-0.15, -0.1) is 0 Å². The van der Waals surface area contributed by atoms with E-state index >= 15 is 0 Å². The minimum Gasteiger partial charge on any atom is -0.248 e. The van der Waals surface area contributed by atoms with Gasteiger partial charge in [-0.2, -0.15) is 0 Å². The number of nitrogens with zero attached hydrogens (tertiary/aromatic N) is 1. The second-order valence-electron chi connectivity index (χ2n) is 8.43. The largest absolute Gasteiger partial charge is 0.248 e. The number of pyridine rings is 1. The Kier molecular flexibility index (Phi) is 5.56. The zero-order valence-electron chi connectivity index (χ0n) is 18.4. The second kappa shape index (κ2) is 8.80. The number of rotatable bonds is 5. The summed E-state index contributed by atoms with van der Waals surface area (Å²) in [6.07, 6.45) is 14.3. The fourth-order valence-corrected chi connectivity index (χ4v) is 4.89. The van der Waals surface area contributed by atoms with E-state index in [4.69, 9.17) is 4.98 Å². The smallest absolute Gasteiger partial charge is 0.0707 e. The van der Waals surface area contributed by atoms with Gasteiger partial charge in [0.25, 0.3) is 0 Å². The lowest BCUT2D eigenvalue weighted by atomic mass is 9.93. The number of hydrogen-bond acceptors (Lipinski definition) is 1. The molecule has 1 heterocycles. The van der Waals surface area contributed by atoms with Crippen LogP contribution in [0.4, 0.5) is 0 Å². The Hall–Kier alpha value is -3.71. The van der Waals surface area contributed by atoms with E-state index in [1.54, 1.807) is 6.08 Å². The molecule has 156 valence electrons. The Morgan fingerprint density at radius 2 is 1.41 bits per heavy atom. The van der Waals surface area contributed by atoms with Crippen LogP contribution >= 0.6 is 0 Å². The van der Waals surface area contributed by atoms with Crippen LogP contribution in [0, 0.1) is 0 Å². The molecule has 0 unspecified atom stereocenters. The van der Waals surface area contributed by atoms with Gasteiger partial charge in [0, 0.05) is 0 Å². The molecule has 0 N–H and O–H groups in total. The fraction of sp³-hybridized carbons (Fsp3) is 0.129. The van der Waals surface area contributed by atoms with Crippen LogP contribution in [0.5, 0.6) is 0 Å². The highest BCUT2D eigenvalue weighted by atomic mass is 14.8. The van der Waals surface area contributed by atoms with E-state index < -0.39 is 0 Å². The Labute approximate surface area is 190 Å². The van der Waals surface area contributed by atoms with Gasteiger partial charge in [-0.1, -0.05) is 98.1 Å². The predicted molar refractivity (Wildman–Crippen MR) is 137 cm³/mol. The molecule has 32 heavy (non-hydrogen) atoms. The van der Waals surface area contributed by atoms with Crippen molar-refractivity contribution in [1.29, 1.82) is 0 Å². The maximum absolute atomic E-state index is 5.29. The summed E-state index contributed by atoms with van der Waals surface area (Å²) in [5.41, 5.74) is 12.7. The number of hydrogen-bond donors (Lipinski definition) is 0. The Morgan fingerprint density at radius 1 is 0.781 bits per heavy atom. The summed E-state index contributed by atoms with van der Waals surface area (Å²) >= 11 is 0. The van der Waals surface area contributed by atoms with Crippen molar-refractivity contribution in [2.24, 2.45) is 0 Å². The molecule has 0 aliphatic heterocycles. The third kappa shape index (κ3) is 3.83. The maximum Gasteiger partial charge on any atom is 0.0707 e. The van der Waals surface area contributed by atoms with Crippen LogP contribution in [0.15, 0.2) is 104 Å².